The van der Waals surface area contributed by atoms with Gasteiger partial charge in [-0.25, -0.2) is 0 Å². The van der Waals surface area contributed by atoms with Gasteiger partial charge in [0.05, 0.1) is 12.1 Å². The number of likely N-dealkylation sites (N-methyl/N-ethyl adjacent to an activating group) is 1. The molecule has 0 radical (unpaired) electrons. The summed E-state index contributed by atoms with van der Waals surface area (Å²) in [4.78, 5) is 42.9. The Morgan fingerprint density at radius 1 is 0.923 bits per heavy atom. The second kappa shape index (κ2) is 13.7. The molecule has 0 spiro atoms. The van der Waals surface area contributed by atoms with Crippen molar-refractivity contribution in [2.45, 2.75) is 76.2 Å². The third-order valence-corrected chi connectivity index (χ3v) is 8.25. The molecule has 2 aliphatic heterocycles. The molecule has 4 rings (SSSR count). The van der Waals surface area contributed by atoms with Crippen molar-refractivity contribution in [1.82, 2.24) is 26.2 Å². The van der Waals surface area contributed by atoms with Crippen molar-refractivity contribution in [1.29, 1.82) is 0 Å². The highest BCUT2D eigenvalue weighted by Crippen LogP contribution is 2.34. The fourth-order valence-electron chi connectivity index (χ4n) is 6.08. The SMILES string of the molecule is CCNCC1CCC2CCC(C(=O)NC(c3ccccc3)c3ccccc3)N2C(=O)C1NC(=O)C(CC)NC. The van der Waals surface area contributed by atoms with Crippen molar-refractivity contribution in [2.24, 2.45) is 5.92 Å². The number of nitrogens with one attached hydrogen (secondary N) is 4. The van der Waals surface area contributed by atoms with Gasteiger partial charge < -0.3 is 26.2 Å². The number of hydrogen-bond donors (Lipinski definition) is 4. The Morgan fingerprint density at radius 3 is 2.10 bits per heavy atom. The molecule has 8 nitrogen and oxygen atoms in total. The smallest absolute Gasteiger partial charge is 0.246 e. The third kappa shape index (κ3) is 6.68. The van der Waals surface area contributed by atoms with Crippen molar-refractivity contribution in [3.05, 3.63) is 71.8 Å². The molecule has 0 bridgehead atoms. The first-order chi connectivity index (χ1) is 19.0. The number of fused-ring (bicyclic) bond motifs is 1. The largest absolute Gasteiger partial charge is 0.343 e. The predicted molar refractivity (Wildman–Crippen MR) is 153 cm³/mol. The summed E-state index contributed by atoms with van der Waals surface area (Å²) in [6.07, 6.45) is 3.66. The van der Waals surface area contributed by atoms with Crippen molar-refractivity contribution >= 4 is 17.7 Å². The van der Waals surface area contributed by atoms with Gasteiger partial charge >= 0.3 is 0 Å². The summed E-state index contributed by atoms with van der Waals surface area (Å²) >= 11 is 0. The average Bonchev–Trinajstić information content (AvgIpc) is 3.35. The Hall–Kier alpha value is -3.23. The van der Waals surface area contributed by atoms with Crippen LogP contribution in [0.4, 0.5) is 0 Å². The number of nitrogens with zero attached hydrogens (tertiary/aromatic N) is 1. The lowest BCUT2D eigenvalue weighted by molar-refractivity contribution is -0.143. The first kappa shape index (κ1) is 28.8. The summed E-state index contributed by atoms with van der Waals surface area (Å²) in [5.41, 5.74) is 1.98. The first-order valence-electron chi connectivity index (χ1n) is 14.4. The maximum absolute atomic E-state index is 14.2. The van der Waals surface area contributed by atoms with E-state index in [1.807, 2.05) is 74.5 Å². The summed E-state index contributed by atoms with van der Waals surface area (Å²) in [6, 6.07) is 17.9. The molecule has 2 heterocycles. The molecule has 2 fully saturated rings. The van der Waals surface area contributed by atoms with Crippen LogP contribution < -0.4 is 21.3 Å². The summed E-state index contributed by atoms with van der Waals surface area (Å²) in [6.45, 7) is 5.41. The van der Waals surface area contributed by atoms with Crippen LogP contribution >= 0.6 is 0 Å². The summed E-state index contributed by atoms with van der Waals surface area (Å²) in [7, 11) is 1.76. The highest BCUT2D eigenvalue weighted by Gasteiger charge is 2.47. The molecule has 2 aromatic rings. The summed E-state index contributed by atoms with van der Waals surface area (Å²) in [5.74, 6) is -0.507. The lowest BCUT2D eigenvalue weighted by atomic mass is 9.92. The number of carbonyl (C=O) groups excluding carboxylic acids is 3. The quantitative estimate of drug-likeness (QED) is 0.356. The first-order valence-corrected chi connectivity index (χ1v) is 14.4. The number of amides is 3. The molecular formula is C31H43N5O3. The fraction of sp³-hybridized carbons (Fsp3) is 0.516. The summed E-state index contributed by atoms with van der Waals surface area (Å²) in [5, 5.41) is 12.7. The van der Waals surface area contributed by atoms with E-state index < -0.39 is 12.1 Å². The van der Waals surface area contributed by atoms with Crippen LogP contribution in [-0.2, 0) is 14.4 Å². The standard InChI is InChI=1S/C31H43N5O3/c1-4-25(32-3)29(37)35-28-23(20-33-5-2)16-17-24-18-19-26(36(24)31(28)39)30(38)34-27(21-12-8-6-9-13-21)22-14-10-7-11-15-22/h6-15,23-28,32-33H,4-5,16-20H2,1-3H3,(H,34,38)(H,35,37). The average molecular weight is 534 g/mol. The van der Waals surface area contributed by atoms with Gasteiger partial charge in [0.2, 0.25) is 17.7 Å². The molecule has 210 valence electrons. The number of benzene rings is 2. The van der Waals surface area contributed by atoms with Gasteiger partial charge in [-0.15, -0.1) is 0 Å². The molecule has 3 amide bonds. The fourth-order valence-corrected chi connectivity index (χ4v) is 6.08. The molecule has 4 N–H and O–H groups in total. The van der Waals surface area contributed by atoms with Gasteiger partial charge in [-0.05, 0) is 56.8 Å². The number of hydrogen-bond acceptors (Lipinski definition) is 5. The van der Waals surface area contributed by atoms with E-state index in [1.165, 1.54) is 0 Å². The van der Waals surface area contributed by atoms with E-state index in [-0.39, 0.29) is 41.8 Å². The molecule has 0 aliphatic carbocycles. The number of carbonyl (C=O) groups is 3. The third-order valence-electron chi connectivity index (χ3n) is 8.25. The minimum absolute atomic E-state index is 0.00236. The second-order valence-corrected chi connectivity index (χ2v) is 10.6. The molecule has 2 aliphatic rings. The van der Waals surface area contributed by atoms with Crippen LogP contribution in [0.25, 0.3) is 0 Å². The molecular weight excluding hydrogens is 490 g/mol. The van der Waals surface area contributed by atoms with Crippen LogP contribution in [0.1, 0.15) is 63.1 Å². The normalized spacial score (nSPS) is 23.7. The highest BCUT2D eigenvalue weighted by atomic mass is 16.2. The Labute approximate surface area is 232 Å². The maximum atomic E-state index is 14.2. The van der Waals surface area contributed by atoms with Crippen molar-refractivity contribution in [2.75, 3.05) is 20.1 Å². The van der Waals surface area contributed by atoms with Gasteiger partial charge in [-0.3, -0.25) is 14.4 Å². The van der Waals surface area contributed by atoms with Crippen molar-refractivity contribution in [3.8, 4) is 0 Å². The molecule has 5 atom stereocenters. The zero-order valence-electron chi connectivity index (χ0n) is 23.4. The molecule has 2 saturated heterocycles. The molecule has 39 heavy (non-hydrogen) atoms. The Bertz CT molecular complexity index is 1050. The van der Waals surface area contributed by atoms with Gasteiger partial charge in [-0.1, -0.05) is 74.5 Å². The van der Waals surface area contributed by atoms with Gasteiger partial charge in [0, 0.05) is 18.5 Å². The molecule has 8 heteroatoms. The van der Waals surface area contributed by atoms with E-state index in [4.69, 9.17) is 0 Å². The van der Waals surface area contributed by atoms with E-state index in [0.29, 0.717) is 19.4 Å². The summed E-state index contributed by atoms with van der Waals surface area (Å²) < 4.78 is 0. The van der Waals surface area contributed by atoms with Crippen LogP contribution in [0.15, 0.2) is 60.7 Å². The Morgan fingerprint density at radius 2 is 1.54 bits per heavy atom. The topological polar surface area (TPSA) is 103 Å². The Kier molecular flexibility index (Phi) is 10.1. The van der Waals surface area contributed by atoms with Crippen molar-refractivity contribution in [3.63, 3.8) is 0 Å². The van der Waals surface area contributed by atoms with Crippen LogP contribution in [0.3, 0.4) is 0 Å². The van der Waals surface area contributed by atoms with E-state index >= 15 is 0 Å². The Balaban J connectivity index is 1.59. The van der Waals surface area contributed by atoms with Crippen molar-refractivity contribution < 1.29 is 14.4 Å². The lowest BCUT2D eigenvalue weighted by Crippen LogP contribution is -2.59. The van der Waals surface area contributed by atoms with Gasteiger partial charge in [0.15, 0.2) is 0 Å². The minimum Gasteiger partial charge on any atom is -0.343 e. The second-order valence-electron chi connectivity index (χ2n) is 10.6. The highest BCUT2D eigenvalue weighted by molar-refractivity contribution is 5.94. The van der Waals surface area contributed by atoms with Crippen LogP contribution in [-0.4, -0.2) is 66.9 Å². The predicted octanol–water partition coefficient (Wildman–Crippen LogP) is 2.75. The number of rotatable bonds is 11. The van der Waals surface area contributed by atoms with Gasteiger partial charge in [0.1, 0.15) is 12.1 Å². The minimum atomic E-state index is -0.670. The molecule has 0 saturated carbocycles. The van der Waals surface area contributed by atoms with Gasteiger partial charge in [-0.2, -0.15) is 0 Å². The maximum Gasteiger partial charge on any atom is 0.246 e. The van der Waals surface area contributed by atoms with E-state index in [1.54, 1.807) is 11.9 Å². The van der Waals surface area contributed by atoms with E-state index in [2.05, 4.69) is 21.3 Å². The monoisotopic (exact) mass is 533 g/mol. The molecule has 2 aromatic carbocycles. The molecule has 5 unspecified atom stereocenters. The zero-order chi connectivity index (χ0) is 27.8. The van der Waals surface area contributed by atoms with E-state index in [9.17, 15) is 14.4 Å². The van der Waals surface area contributed by atoms with E-state index in [0.717, 1.165) is 36.9 Å². The van der Waals surface area contributed by atoms with Crippen LogP contribution in [0.5, 0.6) is 0 Å². The lowest BCUT2D eigenvalue weighted by Gasteiger charge is -2.33. The zero-order valence-corrected chi connectivity index (χ0v) is 23.4. The van der Waals surface area contributed by atoms with Crippen LogP contribution in [0.2, 0.25) is 0 Å². The molecule has 0 aromatic heterocycles. The van der Waals surface area contributed by atoms with Crippen LogP contribution in [0, 0.1) is 5.92 Å². The van der Waals surface area contributed by atoms with Gasteiger partial charge in [0.25, 0.3) is 0 Å².